The molecule has 1 saturated heterocycles. The molecule has 0 bridgehead atoms. The van der Waals surface area contributed by atoms with Gasteiger partial charge < -0.3 is 15.5 Å². The van der Waals surface area contributed by atoms with Gasteiger partial charge in [-0.15, -0.1) is 0 Å². The van der Waals surface area contributed by atoms with Gasteiger partial charge in [0.05, 0.1) is 6.04 Å². The smallest absolute Gasteiger partial charge is 0.253 e. The van der Waals surface area contributed by atoms with Crippen molar-refractivity contribution in [1.82, 2.24) is 10.2 Å². The lowest BCUT2D eigenvalue weighted by molar-refractivity contribution is -0.118. The van der Waals surface area contributed by atoms with Crippen LogP contribution in [0.25, 0.3) is 0 Å². The Bertz CT molecular complexity index is 534. The number of hydrogen-bond donors (Lipinski definition) is 2. The second-order valence-electron chi connectivity index (χ2n) is 5.72. The van der Waals surface area contributed by atoms with E-state index in [1.54, 1.807) is 26.2 Å². The molecule has 114 valence electrons. The second-order valence-corrected chi connectivity index (χ2v) is 5.72. The Kier molecular flexibility index (Phi) is 4.96. The molecule has 0 unspecified atom stereocenters. The van der Waals surface area contributed by atoms with E-state index >= 15 is 0 Å². The highest BCUT2D eigenvalue weighted by Crippen LogP contribution is 2.19. The van der Waals surface area contributed by atoms with Crippen molar-refractivity contribution >= 4 is 17.5 Å². The Morgan fingerprint density at radius 3 is 2.67 bits per heavy atom. The van der Waals surface area contributed by atoms with Crippen molar-refractivity contribution in [2.75, 3.05) is 26.0 Å². The zero-order chi connectivity index (χ0) is 15.4. The highest BCUT2D eigenvalue weighted by molar-refractivity contribution is 5.99. The number of nitrogens with zero attached hydrogens (tertiary/aromatic N) is 1. The van der Waals surface area contributed by atoms with E-state index < -0.39 is 0 Å². The standard InChI is InChI=1S/C16H23N3O2/c1-11-7-8-12(16(21)19(2)3)10-14(11)18-15(20)13-6-4-5-9-17-13/h7-8,10,13,17H,4-6,9H2,1-3H3,(H,18,20)/t13-/m0/s1. The van der Waals surface area contributed by atoms with Gasteiger partial charge >= 0.3 is 0 Å². The second kappa shape index (κ2) is 6.72. The predicted octanol–water partition coefficient (Wildman–Crippen LogP) is 1.78. The molecule has 0 radical (unpaired) electrons. The number of hydrogen-bond acceptors (Lipinski definition) is 3. The first-order chi connectivity index (χ1) is 9.99. The molecular weight excluding hydrogens is 266 g/mol. The molecule has 1 atom stereocenters. The molecule has 2 amide bonds. The number of rotatable bonds is 3. The molecule has 0 aliphatic carbocycles. The van der Waals surface area contributed by atoms with Gasteiger partial charge in [-0.2, -0.15) is 0 Å². The average Bonchev–Trinajstić information content (AvgIpc) is 2.49. The molecule has 5 heteroatoms. The molecule has 1 aliphatic rings. The quantitative estimate of drug-likeness (QED) is 0.891. The van der Waals surface area contributed by atoms with E-state index in [2.05, 4.69) is 10.6 Å². The third-order valence-electron chi connectivity index (χ3n) is 3.78. The fraction of sp³-hybridized carbons (Fsp3) is 0.500. The summed E-state index contributed by atoms with van der Waals surface area (Å²) in [6, 6.07) is 5.26. The number of piperidine rings is 1. The van der Waals surface area contributed by atoms with Crippen molar-refractivity contribution in [2.45, 2.75) is 32.2 Å². The molecule has 0 saturated carbocycles. The predicted molar refractivity (Wildman–Crippen MR) is 83.5 cm³/mol. The zero-order valence-corrected chi connectivity index (χ0v) is 12.9. The summed E-state index contributed by atoms with van der Waals surface area (Å²) >= 11 is 0. The van der Waals surface area contributed by atoms with Crippen LogP contribution in [0, 0.1) is 6.92 Å². The van der Waals surface area contributed by atoms with E-state index in [0.29, 0.717) is 11.3 Å². The fourth-order valence-electron chi connectivity index (χ4n) is 2.44. The van der Waals surface area contributed by atoms with Crippen LogP contribution < -0.4 is 10.6 Å². The highest BCUT2D eigenvalue weighted by atomic mass is 16.2. The Labute approximate surface area is 125 Å². The third kappa shape index (κ3) is 3.82. The topological polar surface area (TPSA) is 61.4 Å². The van der Waals surface area contributed by atoms with E-state index in [1.165, 1.54) is 4.90 Å². The normalized spacial score (nSPS) is 18.1. The molecule has 1 aromatic carbocycles. The van der Waals surface area contributed by atoms with E-state index in [4.69, 9.17) is 0 Å². The first-order valence-corrected chi connectivity index (χ1v) is 7.35. The van der Waals surface area contributed by atoms with E-state index in [9.17, 15) is 9.59 Å². The van der Waals surface area contributed by atoms with Crippen LogP contribution in [0.1, 0.15) is 35.2 Å². The summed E-state index contributed by atoms with van der Waals surface area (Å²) in [6.07, 6.45) is 3.06. The van der Waals surface area contributed by atoms with Gasteiger partial charge in [0, 0.05) is 25.3 Å². The maximum atomic E-state index is 12.3. The van der Waals surface area contributed by atoms with Gasteiger partial charge in [-0.25, -0.2) is 0 Å². The molecule has 1 aromatic rings. The molecule has 2 rings (SSSR count). The van der Waals surface area contributed by atoms with Crippen molar-refractivity contribution in [1.29, 1.82) is 0 Å². The molecule has 0 aromatic heterocycles. The summed E-state index contributed by atoms with van der Waals surface area (Å²) in [6.45, 7) is 2.81. The molecule has 21 heavy (non-hydrogen) atoms. The van der Waals surface area contributed by atoms with Crippen molar-refractivity contribution in [2.24, 2.45) is 0 Å². The minimum atomic E-state index is -0.133. The number of carbonyl (C=O) groups excluding carboxylic acids is 2. The number of nitrogens with one attached hydrogen (secondary N) is 2. The average molecular weight is 289 g/mol. The van der Waals surface area contributed by atoms with Crippen LogP contribution in [0.5, 0.6) is 0 Å². The lowest BCUT2D eigenvalue weighted by Gasteiger charge is -2.23. The molecule has 0 spiro atoms. The number of carbonyl (C=O) groups is 2. The van der Waals surface area contributed by atoms with Gasteiger partial charge in [-0.1, -0.05) is 12.5 Å². The molecular formula is C16H23N3O2. The summed E-state index contributed by atoms with van der Waals surface area (Å²) in [5.41, 5.74) is 2.24. The summed E-state index contributed by atoms with van der Waals surface area (Å²) < 4.78 is 0. The molecule has 1 heterocycles. The van der Waals surface area contributed by atoms with Crippen molar-refractivity contribution in [3.8, 4) is 0 Å². The van der Waals surface area contributed by atoms with Gasteiger partial charge in [0.2, 0.25) is 5.91 Å². The van der Waals surface area contributed by atoms with E-state index in [0.717, 1.165) is 31.4 Å². The third-order valence-corrected chi connectivity index (χ3v) is 3.78. The molecule has 2 N–H and O–H groups in total. The van der Waals surface area contributed by atoms with Crippen molar-refractivity contribution < 1.29 is 9.59 Å². The minimum Gasteiger partial charge on any atom is -0.345 e. The van der Waals surface area contributed by atoms with Crippen LogP contribution in [-0.4, -0.2) is 43.4 Å². The number of aryl methyl sites for hydroxylation is 1. The van der Waals surface area contributed by atoms with Crippen LogP contribution in [-0.2, 0) is 4.79 Å². The number of amides is 2. The summed E-state index contributed by atoms with van der Waals surface area (Å²) in [5, 5.41) is 6.17. The van der Waals surface area contributed by atoms with Crippen LogP contribution in [0.3, 0.4) is 0 Å². The Morgan fingerprint density at radius 2 is 2.05 bits per heavy atom. The lowest BCUT2D eigenvalue weighted by Crippen LogP contribution is -2.43. The highest BCUT2D eigenvalue weighted by Gasteiger charge is 2.21. The van der Waals surface area contributed by atoms with Gasteiger partial charge in [0.15, 0.2) is 0 Å². The molecule has 1 aliphatic heterocycles. The summed E-state index contributed by atoms with van der Waals surface area (Å²) in [7, 11) is 3.43. The van der Waals surface area contributed by atoms with Crippen LogP contribution in [0.4, 0.5) is 5.69 Å². The molecule has 1 fully saturated rings. The maximum Gasteiger partial charge on any atom is 0.253 e. The Morgan fingerprint density at radius 1 is 1.29 bits per heavy atom. The van der Waals surface area contributed by atoms with E-state index in [-0.39, 0.29) is 17.9 Å². The van der Waals surface area contributed by atoms with E-state index in [1.807, 2.05) is 13.0 Å². The van der Waals surface area contributed by atoms with Gasteiger partial charge in [-0.05, 0) is 44.0 Å². The Hall–Kier alpha value is -1.88. The monoisotopic (exact) mass is 289 g/mol. The number of anilines is 1. The van der Waals surface area contributed by atoms with Gasteiger partial charge in [0.25, 0.3) is 5.91 Å². The van der Waals surface area contributed by atoms with Crippen LogP contribution >= 0.6 is 0 Å². The zero-order valence-electron chi connectivity index (χ0n) is 12.9. The van der Waals surface area contributed by atoms with Crippen LogP contribution in [0.2, 0.25) is 0 Å². The minimum absolute atomic E-state index is 0.0211. The van der Waals surface area contributed by atoms with Gasteiger partial charge in [0.1, 0.15) is 0 Å². The lowest BCUT2D eigenvalue weighted by atomic mass is 10.0. The fourth-order valence-corrected chi connectivity index (χ4v) is 2.44. The first kappa shape index (κ1) is 15.5. The van der Waals surface area contributed by atoms with Crippen LogP contribution in [0.15, 0.2) is 18.2 Å². The first-order valence-electron chi connectivity index (χ1n) is 7.35. The molecule has 5 nitrogen and oxygen atoms in total. The van der Waals surface area contributed by atoms with Gasteiger partial charge in [-0.3, -0.25) is 9.59 Å². The largest absolute Gasteiger partial charge is 0.345 e. The van der Waals surface area contributed by atoms with Crippen molar-refractivity contribution in [3.05, 3.63) is 29.3 Å². The SMILES string of the molecule is Cc1ccc(C(=O)N(C)C)cc1NC(=O)[C@@H]1CCCCN1. The summed E-state index contributed by atoms with van der Waals surface area (Å²) in [5.74, 6) is -0.0893. The number of benzene rings is 1. The Balaban J connectivity index is 2.13. The maximum absolute atomic E-state index is 12.3. The summed E-state index contributed by atoms with van der Waals surface area (Å²) in [4.78, 5) is 25.8. The van der Waals surface area contributed by atoms with Crippen molar-refractivity contribution in [3.63, 3.8) is 0 Å².